The van der Waals surface area contributed by atoms with Gasteiger partial charge in [0.15, 0.2) is 0 Å². The minimum Gasteiger partial charge on any atom is -0.352 e. The van der Waals surface area contributed by atoms with Gasteiger partial charge in [-0.25, -0.2) is 9.40 Å². The quantitative estimate of drug-likeness (QED) is 0.582. The van der Waals surface area contributed by atoms with Gasteiger partial charge in [-0.1, -0.05) is 12.6 Å². The molecule has 0 saturated carbocycles. The molecule has 0 aliphatic carbocycles. The summed E-state index contributed by atoms with van der Waals surface area (Å²) in [5.41, 5.74) is 3.81. The summed E-state index contributed by atoms with van der Waals surface area (Å²) in [6.07, 6.45) is 5.53. The second-order valence-electron chi connectivity index (χ2n) is 7.46. The van der Waals surface area contributed by atoms with Crippen molar-refractivity contribution in [1.82, 2.24) is 14.8 Å². The maximum atomic E-state index is 14.6. The summed E-state index contributed by atoms with van der Waals surface area (Å²) in [5.74, 6) is 0.514. The van der Waals surface area contributed by atoms with Crippen molar-refractivity contribution >= 4 is 18.1 Å². The van der Waals surface area contributed by atoms with E-state index < -0.39 is 0 Å². The Bertz CT molecular complexity index is 910. The standard InChI is InChI=1S/C22H28FN5O/c1-15-12-19(22(23)18(4)17(15)3)13-21(29)27-10-8-26(9-11-27)20-7-6-16(2)28(25-20)14-24-5/h6-7,12,14H,2,8-11,13H2,1,3-5H3/b24-14-. The number of rotatable bonds is 3. The van der Waals surface area contributed by atoms with Gasteiger partial charge >= 0.3 is 0 Å². The van der Waals surface area contributed by atoms with Crippen LogP contribution in [0.4, 0.5) is 4.39 Å². The zero-order valence-corrected chi connectivity index (χ0v) is 17.6. The SMILES string of the molecule is C=C1C=CC(N2CCN(C(=O)Cc3cc(C)c(C)c(C)c3F)CC2)=NN1/C=N\C. The number of halogens is 1. The molecule has 2 aliphatic heterocycles. The van der Waals surface area contributed by atoms with Crippen LogP contribution in [0.2, 0.25) is 0 Å². The van der Waals surface area contributed by atoms with Crippen molar-refractivity contribution in [2.24, 2.45) is 10.1 Å². The number of carbonyl (C=O) groups excluding carboxylic acids is 1. The molecule has 2 heterocycles. The maximum absolute atomic E-state index is 14.6. The summed E-state index contributed by atoms with van der Waals surface area (Å²) >= 11 is 0. The van der Waals surface area contributed by atoms with Gasteiger partial charge in [0.25, 0.3) is 0 Å². The molecule has 0 unspecified atom stereocenters. The zero-order chi connectivity index (χ0) is 21.1. The summed E-state index contributed by atoms with van der Waals surface area (Å²) in [5, 5.41) is 6.18. The van der Waals surface area contributed by atoms with Crippen LogP contribution >= 0.6 is 0 Å². The van der Waals surface area contributed by atoms with E-state index in [9.17, 15) is 9.18 Å². The number of amidine groups is 1. The van der Waals surface area contributed by atoms with E-state index in [4.69, 9.17) is 0 Å². The summed E-state index contributed by atoms with van der Waals surface area (Å²) in [6.45, 7) is 12.1. The van der Waals surface area contributed by atoms with Crippen molar-refractivity contribution in [3.63, 3.8) is 0 Å². The second-order valence-corrected chi connectivity index (χ2v) is 7.46. The van der Waals surface area contributed by atoms with Crippen LogP contribution in [0.3, 0.4) is 0 Å². The Kier molecular flexibility index (Phi) is 6.15. The first kappa shape index (κ1) is 20.8. The third kappa shape index (κ3) is 4.39. The van der Waals surface area contributed by atoms with Crippen molar-refractivity contribution in [2.45, 2.75) is 27.2 Å². The summed E-state index contributed by atoms with van der Waals surface area (Å²) in [6, 6.07) is 1.80. The molecule has 6 nitrogen and oxygen atoms in total. The van der Waals surface area contributed by atoms with Crippen LogP contribution in [0.5, 0.6) is 0 Å². The fraction of sp³-hybridized carbons (Fsp3) is 0.409. The third-order valence-electron chi connectivity index (χ3n) is 5.61. The first-order valence-electron chi connectivity index (χ1n) is 9.76. The van der Waals surface area contributed by atoms with E-state index in [0.29, 0.717) is 37.3 Å². The van der Waals surface area contributed by atoms with Gasteiger partial charge < -0.3 is 9.80 Å². The number of amides is 1. The van der Waals surface area contributed by atoms with Gasteiger partial charge in [0.1, 0.15) is 18.0 Å². The Morgan fingerprint density at radius 2 is 1.90 bits per heavy atom. The minimum absolute atomic E-state index is 0.0413. The van der Waals surface area contributed by atoms with Crippen molar-refractivity contribution in [1.29, 1.82) is 0 Å². The predicted molar refractivity (Wildman–Crippen MR) is 114 cm³/mol. The molecule has 0 spiro atoms. The summed E-state index contributed by atoms with van der Waals surface area (Å²) < 4.78 is 14.6. The molecule has 1 fully saturated rings. The average Bonchev–Trinajstić information content (AvgIpc) is 2.72. The van der Waals surface area contributed by atoms with Crippen molar-refractivity contribution < 1.29 is 9.18 Å². The van der Waals surface area contributed by atoms with Gasteiger partial charge in [0.2, 0.25) is 5.91 Å². The van der Waals surface area contributed by atoms with Crippen LogP contribution in [0, 0.1) is 26.6 Å². The number of carbonyl (C=O) groups is 1. The normalized spacial score (nSPS) is 17.3. The lowest BCUT2D eigenvalue weighted by atomic mass is 9.97. The lowest BCUT2D eigenvalue weighted by Crippen LogP contribution is -2.51. The first-order chi connectivity index (χ1) is 13.8. The number of nitrogens with zero attached hydrogens (tertiary/aromatic N) is 5. The number of hydrogen-bond donors (Lipinski definition) is 0. The molecule has 7 heteroatoms. The van der Waals surface area contributed by atoms with E-state index >= 15 is 0 Å². The van der Waals surface area contributed by atoms with Crippen molar-refractivity contribution in [3.8, 4) is 0 Å². The highest BCUT2D eigenvalue weighted by Crippen LogP contribution is 2.22. The van der Waals surface area contributed by atoms with Gasteiger partial charge in [0.05, 0.1) is 12.1 Å². The number of aliphatic imine (C=N–C) groups is 1. The number of hydrazone groups is 1. The Balaban J connectivity index is 1.63. The third-order valence-corrected chi connectivity index (χ3v) is 5.61. The highest BCUT2D eigenvalue weighted by Gasteiger charge is 2.25. The molecule has 3 rings (SSSR count). The van der Waals surface area contributed by atoms with Crippen LogP contribution in [0.15, 0.2) is 40.6 Å². The van der Waals surface area contributed by atoms with E-state index in [1.54, 1.807) is 36.3 Å². The Morgan fingerprint density at radius 3 is 2.55 bits per heavy atom. The number of hydrogen-bond acceptors (Lipinski definition) is 4. The van der Waals surface area contributed by atoms with Crippen LogP contribution in [0.25, 0.3) is 0 Å². The highest BCUT2D eigenvalue weighted by molar-refractivity contribution is 5.95. The van der Waals surface area contributed by atoms with E-state index in [0.717, 1.165) is 22.7 Å². The lowest BCUT2D eigenvalue weighted by molar-refractivity contribution is -0.131. The Labute approximate surface area is 171 Å². The molecule has 1 aromatic carbocycles. The molecule has 1 saturated heterocycles. The van der Waals surface area contributed by atoms with E-state index in [-0.39, 0.29) is 18.1 Å². The summed E-state index contributed by atoms with van der Waals surface area (Å²) in [4.78, 5) is 20.7. The van der Waals surface area contributed by atoms with Crippen LogP contribution < -0.4 is 0 Å². The molecule has 1 aromatic rings. The molecule has 0 atom stereocenters. The van der Waals surface area contributed by atoms with Crippen molar-refractivity contribution in [3.05, 3.63) is 58.6 Å². The summed E-state index contributed by atoms with van der Waals surface area (Å²) in [7, 11) is 1.69. The Hall–Kier alpha value is -2.96. The van der Waals surface area contributed by atoms with E-state index in [2.05, 4.69) is 21.6 Å². The number of aryl methyl sites for hydroxylation is 1. The second kappa shape index (κ2) is 8.59. The van der Waals surface area contributed by atoms with Gasteiger partial charge in [-0.05, 0) is 55.2 Å². The molecule has 2 aliphatic rings. The van der Waals surface area contributed by atoms with Crippen LogP contribution in [-0.2, 0) is 11.2 Å². The minimum atomic E-state index is -0.264. The fourth-order valence-corrected chi connectivity index (χ4v) is 3.56. The van der Waals surface area contributed by atoms with Crippen LogP contribution in [-0.4, -0.2) is 66.1 Å². The zero-order valence-electron chi connectivity index (χ0n) is 17.6. The van der Waals surface area contributed by atoms with Gasteiger partial charge in [-0.15, -0.1) is 5.10 Å². The van der Waals surface area contributed by atoms with E-state index in [1.165, 1.54) is 0 Å². The van der Waals surface area contributed by atoms with Gasteiger partial charge in [-0.3, -0.25) is 9.79 Å². The number of allylic oxidation sites excluding steroid dienone is 1. The number of benzene rings is 1. The highest BCUT2D eigenvalue weighted by atomic mass is 19.1. The fourth-order valence-electron chi connectivity index (χ4n) is 3.56. The first-order valence-corrected chi connectivity index (χ1v) is 9.76. The van der Waals surface area contributed by atoms with E-state index in [1.807, 2.05) is 26.0 Å². The largest absolute Gasteiger partial charge is 0.352 e. The lowest BCUT2D eigenvalue weighted by Gasteiger charge is -2.37. The maximum Gasteiger partial charge on any atom is 0.227 e. The molecule has 1 amide bonds. The molecular weight excluding hydrogens is 369 g/mol. The molecule has 0 N–H and O–H groups in total. The smallest absolute Gasteiger partial charge is 0.227 e. The van der Waals surface area contributed by atoms with Crippen LogP contribution in [0.1, 0.15) is 22.3 Å². The monoisotopic (exact) mass is 397 g/mol. The molecule has 29 heavy (non-hydrogen) atoms. The predicted octanol–water partition coefficient (Wildman–Crippen LogP) is 2.79. The molecule has 0 radical (unpaired) electrons. The molecule has 0 bridgehead atoms. The average molecular weight is 397 g/mol. The molecule has 154 valence electrons. The Morgan fingerprint density at radius 1 is 1.21 bits per heavy atom. The van der Waals surface area contributed by atoms with Gasteiger partial charge in [0, 0.05) is 33.2 Å². The topological polar surface area (TPSA) is 51.5 Å². The van der Waals surface area contributed by atoms with Gasteiger partial charge in [-0.2, -0.15) is 0 Å². The molecular formula is C22H28FN5O. The van der Waals surface area contributed by atoms with Crippen molar-refractivity contribution in [2.75, 3.05) is 33.2 Å². The number of piperazine rings is 1. The molecule has 0 aromatic heterocycles.